The van der Waals surface area contributed by atoms with E-state index in [0.717, 1.165) is 13.0 Å². The van der Waals surface area contributed by atoms with Crippen molar-refractivity contribution in [1.82, 2.24) is 10.2 Å². The molecule has 3 N–H and O–H groups in total. The summed E-state index contributed by atoms with van der Waals surface area (Å²) in [5, 5.41) is 3.06. The lowest BCUT2D eigenvalue weighted by molar-refractivity contribution is -0.122. The maximum absolute atomic E-state index is 11.7. The number of hydrogen-bond donors (Lipinski definition) is 2. The van der Waals surface area contributed by atoms with Crippen LogP contribution in [0, 0.1) is 5.41 Å². The van der Waals surface area contributed by atoms with Gasteiger partial charge in [-0.15, -0.1) is 0 Å². The molecule has 2 atom stereocenters. The van der Waals surface area contributed by atoms with Crippen molar-refractivity contribution in [3.63, 3.8) is 0 Å². The maximum atomic E-state index is 11.7. The molecule has 102 valence electrons. The first-order chi connectivity index (χ1) is 7.65. The molecule has 0 aromatic rings. The van der Waals surface area contributed by atoms with Crippen LogP contribution in [0.4, 0.5) is 0 Å². The molecular formula is C13H29N3O. The summed E-state index contributed by atoms with van der Waals surface area (Å²) in [6.07, 6.45) is 1.26. The molecule has 0 saturated heterocycles. The lowest BCUT2D eigenvalue weighted by atomic mass is 9.85. The number of nitrogens with one attached hydrogen (secondary N) is 1. The molecule has 4 heteroatoms. The first kappa shape index (κ1) is 16.4. The van der Waals surface area contributed by atoms with Gasteiger partial charge in [0.15, 0.2) is 0 Å². The third-order valence-electron chi connectivity index (χ3n) is 3.10. The molecule has 4 nitrogen and oxygen atoms in total. The Morgan fingerprint density at radius 1 is 1.35 bits per heavy atom. The van der Waals surface area contributed by atoms with Crippen LogP contribution in [0.5, 0.6) is 0 Å². The van der Waals surface area contributed by atoms with Gasteiger partial charge in [0.2, 0.25) is 5.91 Å². The number of hydrogen-bond acceptors (Lipinski definition) is 3. The highest BCUT2D eigenvalue weighted by atomic mass is 16.1. The van der Waals surface area contributed by atoms with Crippen molar-refractivity contribution in [2.24, 2.45) is 11.1 Å². The Morgan fingerprint density at radius 2 is 1.88 bits per heavy atom. The van der Waals surface area contributed by atoms with Gasteiger partial charge in [0, 0.05) is 25.0 Å². The van der Waals surface area contributed by atoms with Gasteiger partial charge in [-0.2, -0.15) is 0 Å². The first-order valence-electron chi connectivity index (χ1n) is 6.35. The molecule has 0 rings (SSSR count). The van der Waals surface area contributed by atoms with Crippen LogP contribution in [0.15, 0.2) is 0 Å². The van der Waals surface area contributed by atoms with Crippen molar-refractivity contribution in [2.45, 2.75) is 52.6 Å². The summed E-state index contributed by atoms with van der Waals surface area (Å²) in [5.41, 5.74) is 5.70. The summed E-state index contributed by atoms with van der Waals surface area (Å²) >= 11 is 0. The zero-order valence-electron chi connectivity index (χ0n) is 12.2. The number of nitrogens with two attached hydrogens (primary N) is 1. The van der Waals surface area contributed by atoms with Crippen LogP contribution in [0.2, 0.25) is 0 Å². The predicted octanol–water partition coefficient (Wildman–Crippen LogP) is 1.21. The van der Waals surface area contributed by atoms with Gasteiger partial charge in [0.1, 0.15) is 0 Å². The lowest BCUT2D eigenvalue weighted by Crippen LogP contribution is -2.47. The summed E-state index contributed by atoms with van der Waals surface area (Å²) < 4.78 is 0. The number of nitrogens with zero attached hydrogens (tertiary/aromatic N) is 1. The first-order valence-corrected chi connectivity index (χ1v) is 6.35. The average molecular weight is 243 g/mol. The monoisotopic (exact) mass is 243 g/mol. The predicted molar refractivity (Wildman–Crippen MR) is 72.8 cm³/mol. The standard InChI is InChI=1S/C13H29N3O/c1-10(14)7-8-12(17)15-11(2)13(3,4)9-16(5)6/h10-11H,7-9,14H2,1-6H3,(H,15,17). The van der Waals surface area contributed by atoms with Crippen molar-refractivity contribution < 1.29 is 4.79 Å². The minimum atomic E-state index is 0.0630. The Labute approximate surface area is 106 Å². The Balaban J connectivity index is 4.14. The Morgan fingerprint density at radius 3 is 2.29 bits per heavy atom. The van der Waals surface area contributed by atoms with E-state index in [1.54, 1.807) is 0 Å². The molecular weight excluding hydrogens is 214 g/mol. The number of carbonyl (C=O) groups excluding carboxylic acids is 1. The largest absolute Gasteiger partial charge is 0.353 e. The normalized spacial score (nSPS) is 15.8. The van der Waals surface area contributed by atoms with Crippen LogP contribution < -0.4 is 11.1 Å². The summed E-state index contributed by atoms with van der Waals surface area (Å²) in [7, 11) is 4.10. The number of rotatable bonds is 7. The van der Waals surface area contributed by atoms with E-state index in [1.807, 2.05) is 21.0 Å². The van der Waals surface area contributed by atoms with Crippen molar-refractivity contribution >= 4 is 5.91 Å². The van der Waals surface area contributed by atoms with E-state index in [4.69, 9.17) is 5.73 Å². The van der Waals surface area contributed by atoms with E-state index >= 15 is 0 Å². The zero-order chi connectivity index (χ0) is 13.6. The zero-order valence-corrected chi connectivity index (χ0v) is 12.2. The van der Waals surface area contributed by atoms with Gasteiger partial charge in [-0.05, 0) is 39.8 Å². The molecule has 0 aliphatic rings. The molecule has 2 unspecified atom stereocenters. The molecule has 0 aromatic carbocycles. The van der Waals surface area contributed by atoms with Crippen LogP contribution in [-0.4, -0.2) is 43.5 Å². The van der Waals surface area contributed by atoms with Gasteiger partial charge < -0.3 is 16.0 Å². The second-order valence-electron chi connectivity index (χ2n) is 6.03. The highest BCUT2D eigenvalue weighted by Gasteiger charge is 2.27. The highest BCUT2D eigenvalue weighted by Crippen LogP contribution is 2.21. The van der Waals surface area contributed by atoms with Crippen molar-refractivity contribution in [3.05, 3.63) is 0 Å². The topological polar surface area (TPSA) is 58.4 Å². The lowest BCUT2D eigenvalue weighted by Gasteiger charge is -2.35. The Bertz CT molecular complexity index is 237. The van der Waals surface area contributed by atoms with Gasteiger partial charge in [-0.1, -0.05) is 13.8 Å². The minimum absolute atomic E-state index is 0.0630. The Kier molecular flexibility index (Phi) is 6.72. The van der Waals surface area contributed by atoms with Gasteiger partial charge >= 0.3 is 0 Å². The van der Waals surface area contributed by atoms with Crippen molar-refractivity contribution in [2.75, 3.05) is 20.6 Å². The number of carbonyl (C=O) groups is 1. The van der Waals surface area contributed by atoms with Crippen LogP contribution in [0.1, 0.15) is 40.5 Å². The van der Waals surface area contributed by atoms with Gasteiger partial charge in [-0.3, -0.25) is 4.79 Å². The summed E-state index contributed by atoms with van der Waals surface area (Å²) in [5.74, 6) is 0.0987. The second-order valence-corrected chi connectivity index (χ2v) is 6.03. The third kappa shape index (κ3) is 7.34. The van der Waals surface area contributed by atoms with Crippen molar-refractivity contribution in [3.8, 4) is 0 Å². The Hall–Kier alpha value is -0.610. The summed E-state index contributed by atoms with van der Waals surface area (Å²) in [6.45, 7) is 9.27. The SMILES string of the molecule is CC(N)CCC(=O)NC(C)C(C)(C)CN(C)C. The molecule has 0 saturated carbocycles. The second kappa shape index (κ2) is 6.97. The summed E-state index contributed by atoms with van der Waals surface area (Å²) in [4.78, 5) is 13.9. The molecule has 0 aliphatic carbocycles. The quantitative estimate of drug-likeness (QED) is 0.706. The van der Waals surface area contributed by atoms with E-state index in [0.29, 0.717) is 6.42 Å². The van der Waals surface area contributed by atoms with Crippen molar-refractivity contribution in [1.29, 1.82) is 0 Å². The smallest absolute Gasteiger partial charge is 0.220 e. The fourth-order valence-corrected chi connectivity index (χ4v) is 1.82. The fourth-order valence-electron chi connectivity index (χ4n) is 1.82. The van der Waals surface area contributed by atoms with E-state index in [1.165, 1.54) is 0 Å². The third-order valence-corrected chi connectivity index (χ3v) is 3.10. The molecule has 0 radical (unpaired) electrons. The molecule has 1 amide bonds. The van der Waals surface area contributed by atoms with Crippen LogP contribution in [-0.2, 0) is 4.79 Å². The fraction of sp³-hybridized carbons (Fsp3) is 0.923. The molecule has 0 aliphatic heterocycles. The maximum Gasteiger partial charge on any atom is 0.220 e. The molecule has 0 aromatic heterocycles. The molecule has 0 spiro atoms. The molecule has 0 heterocycles. The van der Waals surface area contributed by atoms with Crippen LogP contribution in [0.3, 0.4) is 0 Å². The minimum Gasteiger partial charge on any atom is -0.353 e. The highest BCUT2D eigenvalue weighted by molar-refractivity contribution is 5.76. The number of amides is 1. The molecule has 0 fully saturated rings. The summed E-state index contributed by atoms with van der Waals surface area (Å²) in [6, 6.07) is 0.247. The van der Waals surface area contributed by atoms with E-state index in [9.17, 15) is 4.79 Å². The molecule has 0 bridgehead atoms. The van der Waals surface area contributed by atoms with Crippen LogP contribution >= 0.6 is 0 Å². The van der Waals surface area contributed by atoms with Gasteiger partial charge in [-0.25, -0.2) is 0 Å². The van der Waals surface area contributed by atoms with Gasteiger partial charge in [0.25, 0.3) is 0 Å². The van der Waals surface area contributed by atoms with E-state index in [-0.39, 0.29) is 23.4 Å². The van der Waals surface area contributed by atoms with E-state index < -0.39 is 0 Å². The van der Waals surface area contributed by atoms with Crippen LogP contribution in [0.25, 0.3) is 0 Å². The van der Waals surface area contributed by atoms with Gasteiger partial charge in [0.05, 0.1) is 0 Å². The van der Waals surface area contributed by atoms with E-state index in [2.05, 4.69) is 31.0 Å². The molecule has 17 heavy (non-hydrogen) atoms. The average Bonchev–Trinajstić information content (AvgIpc) is 2.12.